The lowest BCUT2D eigenvalue weighted by atomic mass is 9.42. The maximum Gasteiger partial charge on any atom is 0.313 e. The third kappa shape index (κ3) is 2.94. The zero-order chi connectivity index (χ0) is 23.6. The van der Waals surface area contributed by atoms with E-state index in [1.54, 1.807) is 13.0 Å². The van der Waals surface area contributed by atoms with Gasteiger partial charge in [-0.3, -0.25) is 19.2 Å². The van der Waals surface area contributed by atoms with E-state index in [0.29, 0.717) is 19.4 Å². The number of esters is 3. The van der Waals surface area contributed by atoms with Gasteiger partial charge in [0.25, 0.3) is 0 Å². The molecule has 4 fully saturated rings. The van der Waals surface area contributed by atoms with Crippen molar-refractivity contribution < 1.29 is 42.5 Å². The third-order valence-corrected chi connectivity index (χ3v) is 8.45. The fourth-order valence-electron chi connectivity index (χ4n) is 6.89. The second-order valence-electron chi connectivity index (χ2n) is 9.86. The summed E-state index contributed by atoms with van der Waals surface area (Å²) in [6, 6.07) is 1.74. The molecule has 1 aromatic rings. The number of ketones is 1. The summed E-state index contributed by atoms with van der Waals surface area (Å²) in [5, 5.41) is 0. The van der Waals surface area contributed by atoms with Crippen LogP contribution in [0.5, 0.6) is 0 Å². The molecule has 2 spiro atoms. The smallest absolute Gasteiger partial charge is 0.313 e. The van der Waals surface area contributed by atoms with E-state index in [4.69, 9.17) is 23.4 Å². The zero-order valence-electron chi connectivity index (χ0n) is 19.0. The molecule has 2 saturated heterocycles. The third-order valence-electron chi connectivity index (χ3n) is 8.45. The molecule has 178 valence electrons. The molecule has 1 aromatic heterocycles. The van der Waals surface area contributed by atoms with Crippen molar-refractivity contribution in [2.24, 2.45) is 22.7 Å². The molecule has 4 aliphatic rings. The first-order chi connectivity index (χ1) is 15.7. The molecule has 0 amide bonds. The van der Waals surface area contributed by atoms with Crippen LogP contribution < -0.4 is 0 Å². The molecule has 9 nitrogen and oxygen atoms in total. The summed E-state index contributed by atoms with van der Waals surface area (Å²) in [6.45, 7) is 4.42. The van der Waals surface area contributed by atoms with Crippen LogP contribution in [-0.4, -0.2) is 48.6 Å². The first kappa shape index (κ1) is 22.1. The number of furan rings is 1. The second kappa shape index (κ2) is 7.41. The summed E-state index contributed by atoms with van der Waals surface area (Å²) in [5.41, 5.74) is -2.41. The number of rotatable bonds is 4. The van der Waals surface area contributed by atoms with Gasteiger partial charge in [-0.15, -0.1) is 0 Å². The van der Waals surface area contributed by atoms with Crippen molar-refractivity contribution in [3.63, 3.8) is 0 Å². The summed E-state index contributed by atoms with van der Waals surface area (Å²) < 4.78 is 28.2. The Morgan fingerprint density at radius 1 is 1.21 bits per heavy atom. The Morgan fingerprint density at radius 2 is 1.97 bits per heavy atom. The number of Topliss-reactive ketones (excluding diaryl/α,β-unsaturated/α-hetero) is 1. The molecule has 9 heteroatoms. The quantitative estimate of drug-likeness (QED) is 0.379. The first-order valence-corrected chi connectivity index (χ1v) is 11.4. The van der Waals surface area contributed by atoms with Gasteiger partial charge in [-0.25, -0.2) is 0 Å². The molecule has 2 aliphatic carbocycles. The van der Waals surface area contributed by atoms with E-state index in [1.807, 2.05) is 0 Å². The Labute approximate surface area is 191 Å². The van der Waals surface area contributed by atoms with Crippen molar-refractivity contribution in [1.82, 2.24) is 0 Å². The van der Waals surface area contributed by atoms with Crippen LogP contribution >= 0.6 is 0 Å². The van der Waals surface area contributed by atoms with Gasteiger partial charge in [-0.2, -0.15) is 0 Å². The molecule has 2 aliphatic heterocycles. The van der Waals surface area contributed by atoms with E-state index in [-0.39, 0.29) is 18.8 Å². The van der Waals surface area contributed by atoms with Gasteiger partial charge in [0.1, 0.15) is 18.3 Å². The first-order valence-electron chi connectivity index (χ1n) is 11.4. The normalized spacial score (nSPS) is 41.5. The van der Waals surface area contributed by atoms with Crippen molar-refractivity contribution in [3.05, 3.63) is 24.2 Å². The number of epoxide rings is 1. The zero-order valence-corrected chi connectivity index (χ0v) is 19.0. The van der Waals surface area contributed by atoms with Crippen LogP contribution in [0.25, 0.3) is 0 Å². The fourth-order valence-corrected chi connectivity index (χ4v) is 6.89. The monoisotopic (exact) mass is 460 g/mol. The predicted molar refractivity (Wildman–Crippen MR) is 109 cm³/mol. The van der Waals surface area contributed by atoms with Gasteiger partial charge in [0.2, 0.25) is 0 Å². The van der Waals surface area contributed by atoms with Crippen LogP contribution in [0.4, 0.5) is 0 Å². The van der Waals surface area contributed by atoms with Crippen LogP contribution in [0.3, 0.4) is 0 Å². The van der Waals surface area contributed by atoms with Gasteiger partial charge >= 0.3 is 17.9 Å². The SMILES string of the molecule is CC(=O)OC[C@@]12[C@H](CCC[C@@]13CO3)[C@@]1(C[C@@H](c3ccoc3)OC1=O)[C@H](C)C(=O)[C@@H]2OC(C)=O. The van der Waals surface area contributed by atoms with E-state index in [2.05, 4.69) is 0 Å². The molecule has 33 heavy (non-hydrogen) atoms. The second-order valence-corrected chi connectivity index (χ2v) is 9.86. The number of fused-ring (bicyclic) bond motifs is 3. The molecular weight excluding hydrogens is 432 g/mol. The average Bonchev–Trinajstić information content (AvgIpc) is 3.19. The van der Waals surface area contributed by atoms with Gasteiger partial charge in [-0.1, -0.05) is 13.3 Å². The van der Waals surface area contributed by atoms with Gasteiger partial charge in [0.05, 0.1) is 30.0 Å². The minimum Gasteiger partial charge on any atom is -0.472 e. The van der Waals surface area contributed by atoms with Crippen molar-refractivity contribution in [3.8, 4) is 0 Å². The van der Waals surface area contributed by atoms with Gasteiger partial charge in [0, 0.05) is 31.7 Å². The van der Waals surface area contributed by atoms with E-state index in [0.717, 1.165) is 12.0 Å². The van der Waals surface area contributed by atoms with Crippen molar-refractivity contribution in [2.75, 3.05) is 13.2 Å². The molecular formula is C24H28O9. The molecule has 0 N–H and O–H groups in total. The topological polar surface area (TPSA) is 122 Å². The molecule has 0 unspecified atom stereocenters. The summed E-state index contributed by atoms with van der Waals surface area (Å²) >= 11 is 0. The number of carbonyl (C=O) groups excluding carboxylic acids is 4. The highest BCUT2D eigenvalue weighted by Gasteiger charge is 2.80. The van der Waals surface area contributed by atoms with E-state index < -0.39 is 58.4 Å². The Balaban J connectivity index is 1.67. The van der Waals surface area contributed by atoms with Crippen LogP contribution in [-0.2, 0) is 38.1 Å². The number of ether oxygens (including phenoxy) is 4. The molecule has 3 heterocycles. The summed E-state index contributed by atoms with van der Waals surface area (Å²) in [7, 11) is 0. The Morgan fingerprint density at radius 3 is 2.58 bits per heavy atom. The minimum absolute atomic E-state index is 0.172. The minimum atomic E-state index is -1.18. The lowest BCUT2D eigenvalue weighted by Crippen LogP contribution is -2.71. The molecule has 2 saturated carbocycles. The number of carbonyl (C=O) groups is 4. The van der Waals surface area contributed by atoms with E-state index in [9.17, 15) is 19.2 Å². The van der Waals surface area contributed by atoms with Gasteiger partial charge < -0.3 is 23.4 Å². The number of hydrogen-bond acceptors (Lipinski definition) is 9. The lowest BCUT2D eigenvalue weighted by Gasteiger charge is -2.60. The predicted octanol–water partition coefficient (Wildman–Crippen LogP) is 2.52. The highest BCUT2D eigenvalue weighted by molar-refractivity contribution is 5.96. The number of hydrogen-bond donors (Lipinski definition) is 0. The van der Waals surface area contributed by atoms with Crippen LogP contribution in [0.15, 0.2) is 23.0 Å². The molecule has 0 bridgehead atoms. The van der Waals surface area contributed by atoms with Crippen LogP contribution in [0, 0.1) is 22.7 Å². The maximum atomic E-state index is 13.9. The molecule has 0 aromatic carbocycles. The van der Waals surface area contributed by atoms with E-state index >= 15 is 0 Å². The van der Waals surface area contributed by atoms with Gasteiger partial charge in [-0.05, 0) is 24.8 Å². The van der Waals surface area contributed by atoms with Crippen LogP contribution in [0.2, 0.25) is 0 Å². The lowest BCUT2D eigenvalue weighted by molar-refractivity contribution is -0.223. The van der Waals surface area contributed by atoms with E-state index in [1.165, 1.54) is 26.4 Å². The summed E-state index contributed by atoms with van der Waals surface area (Å²) in [5.74, 6) is -3.14. The van der Waals surface area contributed by atoms with Crippen molar-refractivity contribution >= 4 is 23.7 Å². The average molecular weight is 460 g/mol. The molecule has 5 rings (SSSR count). The highest BCUT2D eigenvalue weighted by Crippen LogP contribution is 2.70. The van der Waals surface area contributed by atoms with Crippen molar-refractivity contribution in [2.45, 2.75) is 64.3 Å². The van der Waals surface area contributed by atoms with Gasteiger partial charge in [0.15, 0.2) is 11.9 Å². The Bertz CT molecular complexity index is 994. The van der Waals surface area contributed by atoms with Crippen LogP contribution in [0.1, 0.15) is 58.1 Å². The standard InChI is InChI=1S/C24H28O9/c1-13-19(27)20(32-15(3)26)24(12-30-14(2)25)18(5-4-7-22(24)11-31-22)23(13)9-17(33-21(23)28)16-6-8-29-10-16/h6,8,10,13,17-18,20H,4-5,7,9,11-12H2,1-3H3/t13-,17+,18-,20+,22-,23-,24+/m1/s1. The Kier molecular flexibility index (Phi) is 4.97. The van der Waals surface area contributed by atoms with Crippen molar-refractivity contribution in [1.29, 1.82) is 0 Å². The molecule has 0 radical (unpaired) electrons. The molecule has 7 atom stereocenters. The largest absolute Gasteiger partial charge is 0.472 e. The summed E-state index contributed by atoms with van der Waals surface area (Å²) in [6.07, 6.45) is 3.59. The summed E-state index contributed by atoms with van der Waals surface area (Å²) in [4.78, 5) is 51.5. The Hall–Kier alpha value is -2.68. The fraction of sp³-hybridized carbons (Fsp3) is 0.667. The number of cyclic esters (lactones) is 1. The maximum absolute atomic E-state index is 13.9. The highest BCUT2D eigenvalue weighted by atomic mass is 16.6.